The largest absolute Gasteiger partial charge is 0.368 e. The third-order valence-electron chi connectivity index (χ3n) is 2.31. The molecule has 0 radical (unpaired) electrons. The summed E-state index contributed by atoms with van der Waals surface area (Å²) < 4.78 is 5.37. The molecule has 1 heterocycles. The fourth-order valence-corrected chi connectivity index (χ4v) is 1.65. The zero-order valence-electron chi connectivity index (χ0n) is 7.35. The summed E-state index contributed by atoms with van der Waals surface area (Å²) in [7, 11) is 4.22. The van der Waals surface area contributed by atoms with E-state index in [1.54, 1.807) is 0 Å². The van der Waals surface area contributed by atoms with Crippen molar-refractivity contribution in [2.24, 2.45) is 0 Å². The van der Waals surface area contributed by atoms with Crippen LogP contribution in [0.3, 0.4) is 0 Å². The molecule has 0 amide bonds. The van der Waals surface area contributed by atoms with Crippen molar-refractivity contribution < 1.29 is 4.74 Å². The van der Waals surface area contributed by atoms with Crippen LogP contribution in [0.15, 0.2) is 0 Å². The lowest BCUT2D eigenvalue weighted by Gasteiger charge is -2.26. The average molecular weight is 143 g/mol. The van der Waals surface area contributed by atoms with E-state index in [0.29, 0.717) is 6.04 Å². The van der Waals surface area contributed by atoms with Crippen LogP contribution >= 0.6 is 0 Å². The minimum absolute atomic E-state index is 0.165. The summed E-state index contributed by atoms with van der Waals surface area (Å²) in [5.74, 6) is 0. The summed E-state index contributed by atoms with van der Waals surface area (Å²) in [5.41, 5.74) is 0.165. The van der Waals surface area contributed by atoms with Gasteiger partial charge in [-0.25, -0.2) is 0 Å². The van der Waals surface area contributed by atoms with E-state index < -0.39 is 0 Å². The number of nitrogens with zero attached hydrogens (tertiary/aromatic N) is 1. The maximum absolute atomic E-state index is 5.37. The van der Waals surface area contributed by atoms with Crippen LogP contribution in [0.2, 0.25) is 0 Å². The van der Waals surface area contributed by atoms with Gasteiger partial charge < -0.3 is 9.64 Å². The Morgan fingerprint density at radius 2 is 2.10 bits per heavy atom. The minimum atomic E-state index is 0.165. The molecule has 0 saturated carbocycles. The van der Waals surface area contributed by atoms with Crippen LogP contribution in [0.4, 0.5) is 0 Å². The van der Waals surface area contributed by atoms with Crippen LogP contribution in [0, 0.1) is 0 Å². The summed E-state index contributed by atoms with van der Waals surface area (Å²) >= 11 is 0. The molecule has 0 aliphatic carbocycles. The van der Waals surface area contributed by atoms with Gasteiger partial charge in [0.25, 0.3) is 0 Å². The lowest BCUT2D eigenvalue weighted by Crippen LogP contribution is -2.39. The number of hydrogen-bond donors (Lipinski definition) is 0. The number of rotatable bonds is 3. The predicted molar refractivity (Wildman–Crippen MR) is 42.1 cm³/mol. The molecule has 1 saturated heterocycles. The Bertz CT molecular complexity index is 118. The lowest BCUT2D eigenvalue weighted by atomic mass is 10.00. The number of ether oxygens (including phenoxy) is 1. The normalized spacial score (nSPS) is 34.5. The van der Waals surface area contributed by atoms with Crippen LogP contribution in [-0.4, -0.2) is 37.2 Å². The Balaban J connectivity index is 2.48. The monoisotopic (exact) mass is 143 g/mol. The van der Waals surface area contributed by atoms with Crippen LogP contribution in [0.25, 0.3) is 0 Å². The fourth-order valence-electron chi connectivity index (χ4n) is 1.65. The smallest absolute Gasteiger partial charge is 0.104 e. The zero-order valence-corrected chi connectivity index (χ0v) is 7.35. The molecular formula is C8H17NO. The van der Waals surface area contributed by atoms with Gasteiger partial charge in [-0.15, -0.1) is 0 Å². The van der Waals surface area contributed by atoms with Crippen LogP contribution in [0.1, 0.15) is 20.3 Å². The minimum Gasteiger partial charge on any atom is -0.368 e. The lowest BCUT2D eigenvalue weighted by molar-refractivity contribution is 0.162. The summed E-state index contributed by atoms with van der Waals surface area (Å²) in [6, 6.07) is 0.590. The summed E-state index contributed by atoms with van der Waals surface area (Å²) in [5, 5.41) is 0. The number of likely N-dealkylation sites (N-methyl/N-ethyl adjacent to an activating group) is 1. The molecule has 0 aromatic carbocycles. The summed E-state index contributed by atoms with van der Waals surface area (Å²) in [4.78, 5) is 2.24. The van der Waals surface area contributed by atoms with Crippen molar-refractivity contribution in [1.82, 2.24) is 4.90 Å². The Morgan fingerprint density at radius 3 is 2.20 bits per heavy atom. The van der Waals surface area contributed by atoms with Gasteiger partial charge in [0.1, 0.15) is 5.60 Å². The molecular weight excluding hydrogens is 126 g/mol. The van der Waals surface area contributed by atoms with Crippen molar-refractivity contribution in [3.8, 4) is 0 Å². The van der Waals surface area contributed by atoms with E-state index in [9.17, 15) is 0 Å². The molecule has 1 fully saturated rings. The Labute approximate surface area is 63.2 Å². The fraction of sp³-hybridized carbons (Fsp3) is 1.00. The molecule has 0 aromatic heterocycles. The highest BCUT2D eigenvalue weighted by atomic mass is 16.6. The third kappa shape index (κ3) is 1.32. The molecule has 1 aliphatic heterocycles. The molecule has 2 unspecified atom stereocenters. The highest BCUT2D eigenvalue weighted by molar-refractivity contribution is 4.97. The van der Waals surface area contributed by atoms with Gasteiger partial charge in [0.15, 0.2) is 0 Å². The van der Waals surface area contributed by atoms with E-state index in [1.165, 1.54) is 6.42 Å². The topological polar surface area (TPSA) is 15.8 Å². The van der Waals surface area contributed by atoms with Gasteiger partial charge in [0.2, 0.25) is 0 Å². The van der Waals surface area contributed by atoms with Gasteiger partial charge in [0, 0.05) is 6.04 Å². The molecule has 0 spiro atoms. The zero-order chi connectivity index (χ0) is 7.78. The molecule has 2 atom stereocenters. The first-order valence-corrected chi connectivity index (χ1v) is 3.90. The van der Waals surface area contributed by atoms with Crippen molar-refractivity contribution in [1.29, 1.82) is 0 Å². The van der Waals surface area contributed by atoms with Gasteiger partial charge in [-0.05, 0) is 27.4 Å². The van der Waals surface area contributed by atoms with E-state index in [0.717, 1.165) is 6.61 Å². The number of hydrogen-bond acceptors (Lipinski definition) is 2. The van der Waals surface area contributed by atoms with E-state index in [2.05, 4.69) is 32.8 Å². The Hall–Kier alpha value is -0.0800. The van der Waals surface area contributed by atoms with Crippen LogP contribution < -0.4 is 0 Å². The molecule has 0 bridgehead atoms. The van der Waals surface area contributed by atoms with Crippen molar-refractivity contribution in [2.45, 2.75) is 31.9 Å². The van der Waals surface area contributed by atoms with Crippen molar-refractivity contribution in [2.75, 3.05) is 20.7 Å². The molecule has 2 heteroatoms. The Morgan fingerprint density at radius 1 is 1.60 bits per heavy atom. The maximum atomic E-state index is 5.37. The van der Waals surface area contributed by atoms with E-state index in [4.69, 9.17) is 4.74 Å². The molecule has 10 heavy (non-hydrogen) atoms. The van der Waals surface area contributed by atoms with E-state index in [-0.39, 0.29) is 5.60 Å². The SMILES string of the molecule is CCC(N(C)C)C1(C)CO1. The molecule has 0 N–H and O–H groups in total. The van der Waals surface area contributed by atoms with Crippen molar-refractivity contribution in [3.63, 3.8) is 0 Å². The molecule has 60 valence electrons. The summed E-state index contributed by atoms with van der Waals surface area (Å²) in [6.45, 7) is 5.32. The van der Waals surface area contributed by atoms with Crippen LogP contribution in [-0.2, 0) is 4.74 Å². The second kappa shape index (κ2) is 2.51. The van der Waals surface area contributed by atoms with Gasteiger partial charge in [-0.1, -0.05) is 6.92 Å². The highest BCUT2D eigenvalue weighted by Crippen LogP contribution is 2.33. The van der Waals surface area contributed by atoms with Gasteiger partial charge >= 0.3 is 0 Å². The first kappa shape index (κ1) is 8.02. The van der Waals surface area contributed by atoms with Crippen molar-refractivity contribution >= 4 is 0 Å². The van der Waals surface area contributed by atoms with Crippen molar-refractivity contribution in [3.05, 3.63) is 0 Å². The van der Waals surface area contributed by atoms with E-state index >= 15 is 0 Å². The van der Waals surface area contributed by atoms with Gasteiger partial charge in [-0.2, -0.15) is 0 Å². The molecule has 2 nitrogen and oxygen atoms in total. The van der Waals surface area contributed by atoms with E-state index in [1.807, 2.05) is 0 Å². The standard InChI is InChI=1S/C8H17NO/c1-5-7(9(3)4)8(2)6-10-8/h7H,5-6H2,1-4H3. The second-order valence-electron chi connectivity index (χ2n) is 3.49. The molecule has 1 rings (SSSR count). The summed E-state index contributed by atoms with van der Waals surface area (Å²) in [6.07, 6.45) is 1.17. The third-order valence-corrected chi connectivity index (χ3v) is 2.31. The molecule has 0 aromatic rings. The maximum Gasteiger partial charge on any atom is 0.104 e. The average Bonchev–Trinajstić information content (AvgIpc) is 2.49. The Kier molecular flexibility index (Phi) is 2.02. The second-order valence-corrected chi connectivity index (χ2v) is 3.49. The highest BCUT2D eigenvalue weighted by Gasteiger charge is 2.46. The quantitative estimate of drug-likeness (QED) is 0.550. The van der Waals surface area contributed by atoms with Gasteiger partial charge in [0.05, 0.1) is 6.61 Å². The van der Waals surface area contributed by atoms with Crippen LogP contribution in [0.5, 0.6) is 0 Å². The first-order valence-electron chi connectivity index (χ1n) is 3.90. The first-order chi connectivity index (χ1) is 4.60. The van der Waals surface area contributed by atoms with Gasteiger partial charge in [-0.3, -0.25) is 0 Å². The number of epoxide rings is 1. The molecule has 1 aliphatic rings. The predicted octanol–water partition coefficient (Wildman–Crippen LogP) is 1.12.